The summed E-state index contributed by atoms with van der Waals surface area (Å²) in [5.74, 6) is 0.690. The van der Waals surface area contributed by atoms with Crippen LogP contribution in [0.4, 0.5) is 0 Å². The van der Waals surface area contributed by atoms with Gasteiger partial charge in [-0.2, -0.15) is 0 Å². The van der Waals surface area contributed by atoms with Gasteiger partial charge in [-0.1, -0.05) is 6.07 Å². The number of aromatic nitrogens is 1. The number of hydrogen-bond acceptors (Lipinski definition) is 6. The molecule has 0 bridgehead atoms. The van der Waals surface area contributed by atoms with Crippen molar-refractivity contribution in [1.29, 1.82) is 0 Å². The molecule has 5 rings (SSSR count). The van der Waals surface area contributed by atoms with Crippen LogP contribution < -0.4 is 10.5 Å². The number of pyridine rings is 1. The first kappa shape index (κ1) is 17.2. The lowest BCUT2D eigenvalue weighted by Gasteiger charge is -2.45. The predicted molar refractivity (Wildman–Crippen MR) is 104 cm³/mol. The van der Waals surface area contributed by atoms with E-state index in [1.807, 2.05) is 37.5 Å². The first-order valence-corrected chi connectivity index (χ1v) is 9.49. The molecule has 2 N–H and O–H groups in total. The number of rotatable bonds is 1. The minimum atomic E-state index is -1.20. The van der Waals surface area contributed by atoms with Gasteiger partial charge in [-0.05, 0) is 49.1 Å². The zero-order valence-corrected chi connectivity index (χ0v) is 15.9. The summed E-state index contributed by atoms with van der Waals surface area (Å²) in [5.41, 5.74) is 8.55. The highest BCUT2D eigenvalue weighted by atomic mass is 16.5. The summed E-state index contributed by atoms with van der Waals surface area (Å²) in [5, 5.41) is 0. The molecule has 3 aliphatic rings. The summed E-state index contributed by atoms with van der Waals surface area (Å²) in [6.07, 6.45) is 4.62. The topological polar surface area (TPSA) is 90.0 Å². The number of carbonyl (C=O) groups is 1. The van der Waals surface area contributed by atoms with Gasteiger partial charge in [0.25, 0.3) is 5.91 Å². The lowest BCUT2D eigenvalue weighted by atomic mass is 9.76. The van der Waals surface area contributed by atoms with Crippen molar-refractivity contribution in [3.05, 3.63) is 47.8 Å². The smallest absolute Gasteiger partial charge is 0.264 e. The highest BCUT2D eigenvalue weighted by molar-refractivity contribution is 6.08. The molecule has 4 heterocycles. The van der Waals surface area contributed by atoms with Crippen molar-refractivity contribution in [2.45, 2.75) is 37.5 Å². The number of amides is 1. The zero-order chi connectivity index (χ0) is 19.5. The van der Waals surface area contributed by atoms with Crippen LogP contribution >= 0.6 is 0 Å². The van der Waals surface area contributed by atoms with Gasteiger partial charge in [0.05, 0.1) is 0 Å². The molecule has 144 valence electrons. The van der Waals surface area contributed by atoms with Gasteiger partial charge < -0.3 is 15.2 Å². The van der Waals surface area contributed by atoms with Crippen molar-refractivity contribution in [3.8, 4) is 16.9 Å². The number of fused-ring (bicyclic) bond motifs is 4. The Morgan fingerprint density at radius 2 is 2.11 bits per heavy atom. The Kier molecular flexibility index (Phi) is 3.71. The van der Waals surface area contributed by atoms with Crippen molar-refractivity contribution in [2.75, 3.05) is 13.7 Å². The second-order valence-corrected chi connectivity index (χ2v) is 7.65. The largest absolute Gasteiger partial charge is 0.487 e. The van der Waals surface area contributed by atoms with E-state index in [-0.39, 0.29) is 18.0 Å². The summed E-state index contributed by atoms with van der Waals surface area (Å²) in [4.78, 5) is 23.8. The number of benzene rings is 1. The molecule has 0 aliphatic carbocycles. The van der Waals surface area contributed by atoms with Crippen LogP contribution in [0.1, 0.15) is 24.0 Å². The molecule has 28 heavy (non-hydrogen) atoms. The molecule has 1 fully saturated rings. The maximum atomic E-state index is 13.4. The molecule has 7 heteroatoms. The number of nitrogens with two attached hydrogens (primary N) is 1. The summed E-state index contributed by atoms with van der Waals surface area (Å²) < 4.78 is 12.3. The number of carbonyl (C=O) groups excluding carboxylic acids is 1. The fourth-order valence-electron chi connectivity index (χ4n) is 4.43. The molecule has 1 aromatic heterocycles. The van der Waals surface area contributed by atoms with Crippen molar-refractivity contribution in [2.24, 2.45) is 10.7 Å². The van der Waals surface area contributed by atoms with Crippen molar-refractivity contribution < 1.29 is 14.3 Å². The van der Waals surface area contributed by atoms with Gasteiger partial charge in [0.2, 0.25) is 5.54 Å². The van der Waals surface area contributed by atoms with E-state index in [0.717, 1.165) is 29.5 Å². The maximum Gasteiger partial charge on any atom is 0.264 e. The predicted octanol–water partition coefficient (Wildman–Crippen LogP) is 1.98. The lowest BCUT2D eigenvalue weighted by molar-refractivity contribution is -0.151. The van der Waals surface area contributed by atoms with Gasteiger partial charge in [-0.3, -0.25) is 14.7 Å². The van der Waals surface area contributed by atoms with Crippen molar-refractivity contribution in [3.63, 3.8) is 0 Å². The first-order chi connectivity index (χ1) is 13.5. The minimum Gasteiger partial charge on any atom is -0.487 e. The molecule has 1 spiro atoms. The van der Waals surface area contributed by atoms with Crippen LogP contribution in [0.25, 0.3) is 11.1 Å². The van der Waals surface area contributed by atoms with E-state index >= 15 is 0 Å². The molecule has 7 nitrogen and oxygen atoms in total. The van der Waals surface area contributed by atoms with Gasteiger partial charge in [-0.15, -0.1) is 0 Å². The van der Waals surface area contributed by atoms with Gasteiger partial charge in [-0.25, -0.2) is 4.99 Å². The van der Waals surface area contributed by atoms with Crippen LogP contribution in [0, 0.1) is 6.92 Å². The molecule has 1 saturated heterocycles. The number of aryl methyl sites for hydroxylation is 1. The zero-order valence-electron chi connectivity index (χ0n) is 15.9. The standard InChI is InChI=1S/C21H22N4O3/c1-12-8-14(11-23-10-12)13-5-6-16-15(9-13)21(19(26)25(2)20(22)24-21)18-17(28-16)4-3-7-27-18/h5-6,8-11,17-18H,3-4,7H2,1-2H3,(H2,22,24)/t17?,18-,21+/m0/s1. The SMILES string of the molecule is Cc1cncc(-c2ccc3c(c2)[C@@]2(N=C(N)N(C)C2=O)[C@H]2OCCCC2O3)c1. The quantitative estimate of drug-likeness (QED) is 0.819. The van der Waals surface area contributed by atoms with Crippen LogP contribution in [-0.4, -0.2) is 47.6 Å². The molecule has 2 aromatic rings. The number of ether oxygens (including phenoxy) is 2. The second kappa shape index (κ2) is 6.04. The molecule has 0 radical (unpaired) electrons. The van der Waals surface area contributed by atoms with Crippen LogP contribution in [0.15, 0.2) is 41.7 Å². The second-order valence-electron chi connectivity index (χ2n) is 7.65. The summed E-state index contributed by atoms with van der Waals surface area (Å²) >= 11 is 0. The van der Waals surface area contributed by atoms with Crippen molar-refractivity contribution in [1.82, 2.24) is 9.88 Å². The summed E-state index contributed by atoms with van der Waals surface area (Å²) in [6.45, 7) is 2.58. The highest BCUT2D eigenvalue weighted by Gasteiger charge is 2.61. The number of guanidine groups is 1. The van der Waals surface area contributed by atoms with E-state index in [9.17, 15) is 4.79 Å². The Hall–Kier alpha value is -2.93. The molecular formula is C21H22N4O3. The number of likely N-dealkylation sites (N-methyl/N-ethyl adjacent to an activating group) is 1. The Bertz CT molecular complexity index is 1000. The average Bonchev–Trinajstić information content (AvgIpc) is 2.93. The first-order valence-electron chi connectivity index (χ1n) is 9.49. The van der Waals surface area contributed by atoms with Crippen LogP contribution in [0.3, 0.4) is 0 Å². The Morgan fingerprint density at radius 3 is 2.86 bits per heavy atom. The number of aliphatic imine (C=N–C) groups is 1. The summed E-state index contributed by atoms with van der Waals surface area (Å²) in [7, 11) is 1.65. The fourth-order valence-corrected chi connectivity index (χ4v) is 4.43. The molecule has 3 atom stereocenters. The van der Waals surface area contributed by atoms with Gasteiger partial charge in [0, 0.05) is 37.2 Å². The molecule has 3 aliphatic heterocycles. The molecule has 1 aromatic carbocycles. The fraction of sp³-hybridized carbons (Fsp3) is 0.381. The van der Waals surface area contributed by atoms with Crippen molar-refractivity contribution >= 4 is 11.9 Å². The van der Waals surface area contributed by atoms with Gasteiger partial charge in [0.1, 0.15) is 18.0 Å². The molecule has 1 unspecified atom stereocenters. The molecular weight excluding hydrogens is 356 g/mol. The minimum absolute atomic E-state index is 0.175. The van der Waals surface area contributed by atoms with E-state index < -0.39 is 11.6 Å². The third-order valence-electron chi connectivity index (χ3n) is 5.82. The van der Waals surface area contributed by atoms with Gasteiger partial charge in [0.15, 0.2) is 5.96 Å². The Labute approximate surface area is 163 Å². The number of hydrogen-bond donors (Lipinski definition) is 1. The Balaban J connectivity index is 1.73. The van der Waals surface area contributed by atoms with Crippen LogP contribution in [0.5, 0.6) is 5.75 Å². The average molecular weight is 378 g/mol. The third-order valence-corrected chi connectivity index (χ3v) is 5.82. The van der Waals surface area contributed by atoms with E-state index in [1.54, 1.807) is 7.05 Å². The van der Waals surface area contributed by atoms with E-state index in [4.69, 9.17) is 15.2 Å². The maximum absolute atomic E-state index is 13.4. The van der Waals surface area contributed by atoms with Crippen LogP contribution in [0.2, 0.25) is 0 Å². The van der Waals surface area contributed by atoms with Gasteiger partial charge >= 0.3 is 0 Å². The summed E-state index contributed by atoms with van der Waals surface area (Å²) in [6, 6.07) is 7.93. The monoisotopic (exact) mass is 378 g/mol. The lowest BCUT2D eigenvalue weighted by Crippen LogP contribution is -2.58. The van der Waals surface area contributed by atoms with E-state index in [2.05, 4.69) is 16.0 Å². The van der Waals surface area contributed by atoms with Crippen LogP contribution in [-0.2, 0) is 15.1 Å². The van der Waals surface area contributed by atoms with E-state index in [1.165, 1.54) is 4.90 Å². The Morgan fingerprint density at radius 1 is 1.25 bits per heavy atom. The third kappa shape index (κ3) is 2.29. The van der Waals surface area contributed by atoms with E-state index in [0.29, 0.717) is 17.9 Å². The normalized spacial score (nSPS) is 28.6. The molecule has 0 saturated carbocycles. The highest BCUT2D eigenvalue weighted by Crippen LogP contribution is 2.49. The molecule has 1 amide bonds. The number of nitrogens with zero attached hydrogens (tertiary/aromatic N) is 3.